The zero-order chi connectivity index (χ0) is 14.1. The Morgan fingerprint density at radius 2 is 2.16 bits per heavy atom. The van der Waals surface area contributed by atoms with Crippen molar-refractivity contribution in [2.75, 3.05) is 20.3 Å². The van der Waals surface area contributed by atoms with Crippen LogP contribution in [0.2, 0.25) is 0 Å². The molecule has 1 heterocycles. The minimum atomic E-state index is -3.66. The van der Waals surface area contributed by atoms with Gasteiger partial charge in [0, 0.05) is 12.2 Å². The maximum Gasteiger partial charge on any atom is 0.218 e. The van der Waals surface area contributed by atoms with E-state index in [1.54, 1.807) is 12.1 Å². The first-order valence-electron chi connectivity index (χ1n) is 5.96. The third-order valence-corrected chi connectivity index (χ3v) is 5.41. The van der Waals surface area contributed by atoms with E-state index in [0.717, 1.165) is 0 Å². The lowest BCUT2D eigenvalue weighted by atomic mass is 9.83. The van der Waals surface area contributed by atoms with Gasteiger partial charge in [-0.3, -0.25) is 0 Å². The number of nitrogens with two attached hydrogens (primary N) is 1. The fraction of sp³-hybridized carbons (Fsp3) is 0.500. The molecule has 2 atom stereocenters. The summed E-state index contributed by atoms with van der Waals surface area (Å²) in [4.78, 5) is 0. The molecule has 1 aliphatic rings. The third kappa shape index (κ3) is 2.51. The van der Waals surface area contributed by atoms with Crippen molar-refractivity contribution in [2.45, 2.75) is 17.2 Å². The number of halogens is 1. The van der Waals surface area contributed by atoms with Gasteiger partial charge in [-0.2, -0.15) is 0 Å². The second-order valence-electron chi connectivity index (χ2n) is 4.58. The summed E-state index contributed by atoms with van der Waals surface area (Å²) < 4.78 is 45.5. The van der Waals surface area contributed by atoms with Crippen LogP contribution >= 0.6 is 0 Å². The van der Waals surface area contributed by atoms with Crippen LogP contribution in [0.15, 0.2) is 24.3 Å². The Hall–Kier alpha value is -1.02. The number of nitrogens with one attached hydrogen (secondary N) is 1. The lowest BCUT2D eigenvalue weighted by Gasteiger charge is -2.40. The van der Waals surface area contributed by atoms with Crippen molar-refractivity contribution in [3.05, 3.63) is 35.6 Å². The Balaban J connectivity index is 2.52. The number of rotatable bonds is 3. The van der Waals surface area contributed by atoms with E-state index in [-0.39, 0.29) is 18.6 Å². The van der Waals surface area contributed by atoms with Crippen LogP contribution in [0.5, 0.6) is 0 Å². The Morgan fingerprint density at radius 3 is 2.79 bits per heavy atom. The molecule has 0 aromatic heterocycles. The Morgan fingerprint density at radius 1 is 1.47 bits per heavy atom. The van der Waals surface area contributed by atoms with E-state index in [1.807, 2.05) is 0 Å². The highest BCUT2D eigenvalue weighted by Crippen LogP contribution is 2.34. The highest BCUT2D eigenvalue weighted by molar-refractivity contribution is 7.90. The van der Waals surface area contributed by atoms with Gasteiger partial charge in [0.1, 0.15) is 11.1 Å². The second kappa shape index (κ2) is 5.16. The summed E-state index contributed by atoms with van der Waals surface area (Å²) >= 11 is 0. The van der Waals surface area contributed by atoms with Crippen LogP contribution in [-0.2, 0) is 20.3 Å². The molecule has 5 nitrogen and oxygen atoms in total. The lowest BCUT2D eigenvalue weighted by molar-refractivity contribution is 0.0541. The maximum atomic E-state index is 13.9. The molecule has 1 fully saturated rings. The molecular weight excluding hydrogens is 271 g/mol. The minimum absolute atomic E-state index is 0.0476. The fourth-order valence-corrected chi connectivity index (χ4v) is 3.76. The van der Waals surface area contributed by atoms with Crippen LogP contribution in [0.3, 0.4) is 0 Å². The van der Waals surface area contributed by atoms with Gasteiger partial charge in [0.05, 0.1) is 12.1 Å². The summed E-state index contributed by atoms with van der Waals surface area (Å²) in [7, 11) is -2.35. The molecule has 0 aliphatic carbocycles. The van der Waals surface area contributed by atoms with Crippen molar-refractivity contribution in [1.29, 1.82) is 0 Å². The molecular formula is C12H17FN2O3S. The van der Waals surface area contributed by atoms with Crippen LogP contribution in [0.1, 0.15) is 12.0 Å². The zero-order valence-electron chi connectivity index (χ0n) is 10.6. The second-order valence-corrected chi connectivity index (χ2v) is 6.65. The van der Waals surface area contributed by atoms with Crippen molar-refractivity contribution < 1.29 is 17.5 Å². The van der Waals surface area contributed by atoms with E-state index >= 15 is 0 Å². The molecule has 0 bridgehead atoms. The summed E-state index contributed by atoms with van der Waals surface area (Å²) in [5.41, 5.74) is 5.17. The summed E-state index contributed by atoms with van der Waals surface area (Å²) in [6.45, 7) is 0.259. The van der Waals surface area contributed by atoms with Gasteiger partial charge in [-0.15, -0.1) is 0 Å². The molecule has 0 radical (unpaired) electrons. The van der Waals surface area contributed by atoms with Crippen molar-refractivity contribution in [3.63, 3.8) is 0 Å². The van der Waals surface area contributed by atoms with E-state index in [0.29, 0.717) is 6.61 Å². The molecule has 1 aromatic rings. The maximum absolute atomic E-state index is 13.9. The van der Waals surface area contributed by atoms with E-state index in [1.165, 1.54) is 19.2 Å². The van der Waals surface area contributed by atoms with E-state index in [4.69, 9.17) is 10.5 Å². The third-order valence-electron chi connectivity index (χ3n) is 3.54. The first kappa shape index (κ1) is 14.4. The van der Waals surface area contributed by atoms with Gasteiger partial charge in [0.15, 0.2) is 0 Å². The molecule has 2 unspecified atom stereocenters. The minimum Gasteiger partial charge on any atom is -0.380 e. The summed E-state index contributed by atoms with van der Waals surface area (Å²) in [5.74, 6) is -0.497. The molecule has 19 heavy (non-hydrogen) atoms. The van der Waals surface area contributed by atoms with E-state index in [2.05, 4.69) is 4.72 Å². The van der Waals surface area contributed by atoms with Gasteiger partial charge in [0.2, 0.25) is 10.0 Å². The predicted octanol–water partition coefficient (Wildman–Crippen LogP) is 0.318. The van der Waals surface area contributed by atoms with Crippen LogP contribution in [-0.4, -0.2) is 33.9 Å². The Bertz CT molecular complexity index is 564. The van der Waals surface area contributed by atoms with Crippen LogP contribution in [0, 0.1) is 5.82 Å². The van der Waals surface area contributed by atoms with Gasteiger partial charge >= 0.3 is 0 Å². The first-order valence-corrected chi connectivity index (χ1v) is 7.50. The molecule has 1 saturated heterocycles. The Kier molecular flexibility index (Phi) is 3.91. The molecule has 1 aromatic carbocycles. The van der Waals surface area contributed by atoms with Gasteiger partial charge in [-0.05, 0) is 19.5 Å². The molecule has 0 amide bonds. The SMILES string of the molecule is CNS(=O)(=O)C1COCCC1(N)c1ccccc1F. The average Bonchev–Trinajstić information content (AvgIpc) is 2.39. The van der Waals surface area contributed by atoms with Crippen LogP contribution in [0.25, 0.3) is 0 Å². The van der Waals surface area contributed by atoms with E-state index < -0.39 is 26.6 Å². The number of hydrogen-bond donors (Lipinski definition) is 2. The number of sulfonamides is 1. The quantitative estimate of drug-likeness (QED) is 0.839. The largest absolute Gasteiger partial charge is 0.380 e. The predicted molar refractivity (Wildman–Crippen MR) is 69.5 cm³/mol. The standard InChI is InChI=1S/C12H17FN2O3S/c1-15-19(16,17)11-8-18-7-6-12(11,14)9-4-2-3-5-10(9)13/h2-5,11,15H,6-8,14H2,1H3. The van der Waals surface area contributed by atoms with Crippen molar-refractivity contribution >= 4 is 10.0 Å². The normalized spacial score (nSPS) is 28.3. The number of ether oxygens (including phenoxy) is 1. The van der Waals surface area contributed by atoms with Gasteiger partial charge < -0.3 is 10.5 Å². The topological polar surface area (TPSA) is 81.4 Å². The van der Waals surface area contributed by atoms with Crippen LogP contribution in [0.4, 0.5) is 4.39 Å². The highest BCUT2D eigenvalue weighted by atomic mass is 32.2. The smallest absolute Gasteiger partial charge is 0.218 e. The summed E-state index contributed by atoms with van der Waals surface area (Å²) in [6.07, 6.45) is 0.250. The summed E-state index contributed by atoms with van der Waals surface area (Å²) in [5, 5.41) is -1.02. The average molecular weight is 288 g/mol. The molecule has 0 spiro atoms. The monoisotopic (exact) mass is 288 g/mol. The van der Waals surface area contributed by atoms with Crippen LogP contribution < -0.4 is 10.5 Å². The number of hydrogen-bond acceptors (Lipinski definition) is 4. The van der Waals surface area contributed by atoms with Crippen molar-refractivity contribution in [1.82, 2.24) is 4.72 Å². The molecule has 1 aliphatic heterocycles. The molecule has 0 saturated carbocycles. The molecule has 2 rings (SSSR count). The first-order chi connectivity index (χ1) is 8.92. The van der Waals surface area contributed by atoms with Gasteiger partial charge in [-0.1, -0.05) is 18.2 Å². The van der Waals surface area contributed by atoms with E-state index in [9.17, 15) is 12.8 Å². The molecule has 3 N–H and O–H groups in total. The van der Waals surface area contributed by atoms with Gasteiger partial charge in [-0.25, -0.2) is 17.5 Å². The van der Waals surface area contributed by atoms with Crippen molar-refractivity contribution in [3.8, 4) is 0 Å². The Labute approximate surface area is 112 Å². The molecule has 106 valence electrons. The highest BCUT2D eigenvalue weighted by Gasteiger charge is 2.47. The van der Waals surface area contributed by atoms with Gasteiger partial charge in [0.25, 0.3) is 0 Å². The zero-order valence-corrected chi connectivity index (χ0v) is 11.4. The fourth-order valence-electron chi connectivity index (χ4n) is 2.40. The number of benzene rings is 1. The lowest BCUT2D eigenvalue weighted by Crippen LogP contribution is -2.59. The summed E-state index contributed by atoms with van der Waals surface area (Å²) in [6, 6.07) is 6.00. The molecule has 7 heteroatoms. The van der Waals surface area contributed by atoms with Crippen molar-refractivity contribution in [2.24, 2.45) is 5.73 Å².